The number of imidazole rings is 1. The average Bonchev–Trinajstić information content (AvgIpc) is 2.98. The molecular formula is C15H18FN5O4. The topological polar surface area (TPSA) is 128 Å². The number of nitrogen functional groups attached to an aromatic ring is 1. The number of alkyl halides is 1. The lowest BCUT2D eigenvalue weighted by Crippen LogP contribution is -2.41. The highest BCUT2D eigenvalue weighted by atomic mass is 19.1. The van der Waals surface area contributed by atoms with E-state index in [1.165, 1.54) is 13.8 Å². The number of terminal acetylenes is 1. The quantitative estimate of drug-likeness (QED) is 0.640. The van der Waals surface area contributed by atoms with Crippen LogP contribution in [0.3, 0.4) is 0 Å². The number of aliphatic hydroxyl groups is 1. The first-order chi connectivity index (χ1) is 11.6. The number of hydrogen-bond donors (Lipinski definition) is 3. The summed E-state index contributed by atoms with van der Waals surface area (Å²) in [4.78, 5) is 31.2. The average molecular weight is 351 g/mol. The van der Waals surface area contributed by atoms with Gasteiger partial charge in [0.05, 0.1) is 12.1 Å². The number of fused-ring (bicyclic) bond motifs is 1. The van der Waals surface area contributed by atoms with E-state index in [4.69, 9.17) is 16.9 Å². The van der Waals surface area contributed by atoms with E-state index in [1.807, 2.05) is 0 Å². The normalized spacial score (nSPS) is 23.9. The van der Waals surface area contributed by atoms with E-state index < -0.39 is 35.4 Å². The molecule has 3 rings (SSSR count). The molecule has 0 amide bonds. The van der Waals surface area contributed by atoms with Crippen LogP contribution in [0.25, 0.3) is 11.2 Å². The predicted octanol–water partition coefficient (Wildman–Crippen LogP) is -0.502. The van der Waals surface area contributed by atoms with E-state index in [9.17, 15) is 19.1 Å². The van der Waals surface area contributed by atoms with E-state index in [0.29, 0.717) is 0 Å². The lowest BCUT2D eigenvalue weighted by Gasteiger charge is -2.26. The van der Waals surface area contributed by atoms with Gasteiger partial charge in [0.15, 0.2) is 11.2 Å². The molecule has 3 unspecified atom stereocenters. The molecule has 4 N–H and O–H groups in total. The maximum Gasteiger partial charge on any atom is 0.333 e. The van der Waals surface area contributed by atoms with Gasteiger partial charge in [0, 0.05) is 6.42 Å². The molecule has 25 heavy (non-hydrogen) atoms. The summed E-state index contributed by atoms with van der Waals surface area (Å²) in [6, 6.07) is 0. The second-order valence-corrected chi connectivity index (χ2v) is 6.48. The number of anilines is 1. The Labute approximate surface area is 141 Å². The molecule has 1 aliphatic rings. The molecule has 3 atom stereocenters. The fraction of sp³-hybridized carbons (Fsp3) is 0.533. The van der Waals surface area contributed by atoms with E-state index in [1.54, 1.807) is 0 Å². The van der Waals surface area contributed by atoms with Crippen LogP contribution in [-0.2, 0) is 11.3 Å². The second kappa shape index (κ2) is 5.72. The molecule has 0 radical (unpaired) electrons. The molecule has 2 aromatic heterocycles. The van der Waals surface area contributed by atoms with Gasteiger partial charge in [-0.25, -0.2) is 13.8 Å². The minimum atomic E-state index is -1.50. The molecule has 0 bridgehead atoms. The summed E-state index contributed by atoms with van der Waals surface area (Å²) in [6.07, 6.45) is 1.41. The maximum atomic E-state index is 14.3. The Kier molecular flexibility index (Phi) is 3.93. The van der Waals surface area contributed by atoms with Gasteiger partial charge in [-0.1, -0.05) is 5.92 Å². The molecule has 134 valence electrons. The van der Waals surface area contributed by atoms with Crippen molar-refractivity contribution >= 4 is 17.1 Å². The van der Waals surface area contributed by atoms with Crippen LogP contribution in [0.1, 0.15) is 26.5 Å². The van der Waals surface area contributed by atoms with Crippen LogP contribution >= 0.6 is 0 Å². The predicted molar refractivity (Wildman–Crippen MR) is 87.6 cm³/mol. The van der Waals surface area contributed by atoms with E-state index in [0.717, 1.165) is 9.13 Å². The lowest BCUT2D eigenvalue weighted by molar-refractivity contribution is -0.113. The second-order valence-electron chi connectivity index (χ2n) is 6.48. The van der Waals surface area contributed by atoms with Gasteiger partial charge < -0.3 is 15.6 Å². The Balaban J connectivity index is 2.21. The number of nitrogens with zero attached hydrogens (tertiary/aromatic N) is 3. The number of aromatic amines is 1. The molecular weight excluding hydrogens is 333 g/mol. The first kappa shape index (κ1) is 17.2. The van der Waals surface area contributed by atoms with Crippen molar-refractivity contribution in [2.75, 3.05) is 5.73 Å². The minimum absolute atomic E-state index is 0.0462. The molecule has 0 saturated carbocycles. The highest BCUT2D eigenvalue weighted by Gasteiger charge is 2.45. The third-order valence-electron chi connectivity index (χ3n) is 4.12. The van der Waals surface area contributed by atoms with Crippen LogP contribution in [-0.4, -0.2) is 42.1 Å². The lowest BCUT2D eigenvalue weighted by atomic mass is 9.98. The van der Waals surface area contributed by atoms with Crippen molar-refractivity contribution in [1.29, 1.82) is 0 Å². The van der Waals surface area contributed by atoms with Crippen LogP contribution < -0.4 is 17.0 Å². The van der Waals surface area contributed by atoms with Crippen molar-refractivity contribution < 1.29 is 14.2 Å². The highest BCUT2D eigenvalue weighted by molar-refractivity contribution is 5.71. The SMILES string of the molecule is C#CCn1c(=O)n(C2CC(F)C(C(C)(C)O)O2)c2nc(N)[nH]c(=O)c21. The zero-order chi connectivity index (χ0) is 18.5. The molecule has 3 heterocycles. The molecule has 0 aliphatic carbocycles. The molecule has 0 spiro atoms. The summed E-state index contributed by atoms with van der Waals surface area (Å²) in [5.74, 6) is 2.09. The first-order valence-corrected chi connectivity index (χ1v) is 7.61. The van der Waals surface area contributed by atoms with Crippen LogP contribution in [0.5, 0.6) is 0 Å². The molecule has 2 aromatic rings. The van der Waals surface area contributed by atoms with E-state index in [2.05, 4.69) is 15.9 Å². The Morgan fingerprint density at radius 3 is 2.80 bits per heavy atom. The van der Waals surface area contributed by atoms with Crippen molar-refractivity contribution in [3.05, 3.63) is 20.8 Å². The van der Waals surface area contributed by atoms with Gasteiger partial charge in [0.2, 0.25) is 5.95 Å². The van der Waals surface area contributed by atoms with Crippen LogP contribution in [0.2, 0.25) is 0 Å². The van der Waals surface area contributed by atoms with Crippen molar-refractivity contribution in [1.82, 2.24) is 19.1 Å². The van der Waals surface area contributed by atoms with Crippen LogP contribution in [0.15, 0.2) is 9.59 Å². The number of halogens is 1. The fourth-order valence-corrected chi connectivity index (χ4v) is 3.10. The number of hydrogen-bond acceptors (Lipinski definition) is 6. The molecule has 1 saturated heterocycles. The number of rotatable bonds is 3. The maximum absolute atomic E-state index is 14.3. The minimum Gasteiger partial charge on any atom is -0.388 e. The number of H-pyrrole nitrogens is 1. The number of ether oxygens (including phenoxy) is 1. The summed E-state index contributed by atoms with van der Waals surface area (Å²) in [7, 11) is 0. The van der Waals surface area contributed by atoms with Gasteiger partial charge in [-0.2, -0.15) is 4.98 Å². The Morgan fingerprint density at radius 2 is 2.24 bits per heavy atom. The summed E-state index contributed by atoms with van der Waals surface area (Å²) in [5.41, 5.74) is 2.71. The summed E-state index contributed by atoms with van der Waals surface area (Å²) in [6.45, 7) is 2.66. The van der Waals surface area contributed by atoms with Crippen LogP contribution in [0.4, 0.5) is 10.3 Å². The van der Waals surface area contributed by atoms with Gasteiger partial charge in [0.25, 0.3) is 5.56 Å². The Hall–Kier alpha value is -2.64. The zero-order valence-corrected chi connectivity index (χ0v) is 13.7. The Bertz CT molecular complexity index is 977. The number of nitrogens with one attached hydrogen (secondary N) is 1. The molecule has 1 fully saturated rings. The summed E-state index contributed by atoms with van der Waals surface area (Å²) >= 11 is 0. The third-order valence-corrected chi connectivity index (χ3v) is 4.12. The van der Waals surface area contributed by atoms with Gasteiger partial charge >= 0.3 is 5.69 Å². The van der Waals surface area contributed by atoms with Gasteiger partial charge in [-0.15, -0.1) is 6.42 Å². The third kappa shape index (κ3) is 2.71. The molecule has 1 aliphatic heterocycles. The molecule has 10 heteroatoms. The van der Waals surface area contributed by atoms with E-state index >= 15 is 0 Å². The first-order valence-electron chi connectivity index (χ1n) is 7.61. The van der Waals surface area contributed by atoms with Crippen molar-refractivity contribution in [3.8, 4) is 12.3 Å². The number of aromatic nitrogens is 4. The van der Waals surface area contributed by atoms with Crippen molar-refractivity contribution in [3.63, 3.8) is 0 Å². The standard InChI is InChI=1S/C15H18FN5O4/c1-4-5-20-9-11(18-13(17)19-12(9)22)21(14(20)23)8-6-7(16)10(25-8)15(2,3)24/h1,7-8,10,24H,5-6H2,2-3H3,(H3,17,18,19,22). The zero-order valence-electron chi connectivity index (χ0n) is 13.7. The molecule has 9 nitrogen and oxygen atoms in total. The number of nitrogens with two attached hydrogens (primary N) is 1. The van der Waals surface area contributed by atoms with Gasteiger partial charge in [-0.05, 0) is 13.8 Å². The van der Waals surface area contributed by atoms with Gasteiger partial charge in [-0.3, -0.25) is 14.3 Å². The smallest absolute Gasteiger partial charge is 0.333 e. The van der Waals surface area contributed by atoms with E-state index in [-0.39, 0.29) is 30.1 Å². The largest absolute Gasteiger partial charge is 0.388 e. The summed E-state index contributed by atoms with van der Waals surface area (Å²) in [5, 5.41) is 10.0. The van der Waals surface area contributed by atoms with Crippen molar-refractivity contribution in [2.24, 2.45) is 0 Å². The fourth-order valence-electron chi connectivity index (χ4n) is 3.10. The monoisotopic (exact) mass is 351 g/mol. The summed E-state index contributed by atoms with van der Waals surface area (Å²) < 4.78 is 22.0. The Morgan fingerprint density at radius 1 is 1.56 bits per heavy atom. The van der Waals surface area contributed by atoms with Crippen molar-refractivity contribution in [2.45, 2.75) is 50.9 Å². The van der Waals surface area contributed by atoms with Crippen LogP contribution in [0, 0.1) is 12.3 Å². The molecule has 0 aromatic carbocycles. The van der Waals surface area contributed by atoms with Gasteiger partial charge in [0.1, 0.15) is 18.5 Å². The highest BCUT2D eigenvalue weighted by Crippen LogP contribution is 2.36.